The van der Waals surface area contributed by atoms with Gasteiger partial charge in [0.05, 0.1) is 5.56 Å². The molecule has 0 spiro atoms. The monoisotopic (exact) mass is 337 g/mol. The van der Waals surface area contributed by atoms with Crippen LogP contribution in [0.5, 0.6) is 0 Å². The zero-order valence-corrected chi connectivity index (χ0v) is 14.3. The highest BCUT2D eigenvalue weighted by molar-refractivity contribution is 5.89. The number of ether oxygens (including phenoxy) is 1. The molecule has 1 aliphatic rings. The predicted molar refractivity (Wildman–Crippen MR) is 87.8 cm³/mol. The van der Waals surface area contributed by atoms with Crippen LogP contribution in [0.1, 0.15) is 55.7 Å². The first-order valence-electron chi connectivity index (χ1n) is 8.13. The maximum Gasteiger partial charge on any atom is 0.410 e. The number of carbonyl (C=O) groups is 2. The number of amides is 1. The number of rotatable bonds is 3. The number of carboxylic acids is 1. The van der Waals surface area contributed by atoms with Gasteiger partial charge in [-0.1, -0.05) is 18.2 Å². The summed E-state index contributed by atoms with van der Waals surface area (Å²) < 4.78 is 20.2. The van der Waals surface area contributed by atoms with Crippen LogP contribution in [0.3, 0.4) is 0 Å². The first kappa shape index (κ1) is 18.2. The van der Waals surface area contributed by atoms with Gasteiger partial charge in [-0.05, 0) is 45.6 Å². The highest BCUT2D eigenvalue weighted by Crippen LogP contribution is 2.35. The fourth-order valence-corrected chi connectivity index (χ4v) is 2.89. The van der Waals surface area contributed by atoms with Crippen molar-refractivity contribution in [3.8, 4) is 0 Å². The Labute approximate surface area is 141 Å². The molecule has 0 aromatic heterocycles. The van der Waals surface area contributed by atoms with Gasteiger partial charge in [-0.15, -0.1) is 0 Å². The zero-order chi connectivity index (χ0) is 17.9. The van der Waals surface area contributed by atoms with Crippen molar-refractivity contribution in [3.63, 3.8) is 0 Å². The number of hydrogen-bond acceptors (Lipinski definition) is 3. The maximum absolute atomic E-state index is 14.8. The van der Waals surface area contributed by atoms with Crippen molar-refractivity contribution >= 4 is 12.1 Å². The SMILES string of the molecule is CC(C)(C)OC(=O)N1CCC(C(F)c2ccccc2C(=O)O)CC1. The molecule has 1 atom stereocenters. The van der Waals surface area contributed by atoms with E-state index in [1.165, 1.54) is 12.1 Å². The van der Waals surface area contributed by atoms with E-state index in [4.69, 9.17) is 4.74 Å². The molecule has 1 heterocycles. The lowest BCUT2D eigenvalue weighted by Gasteiger charge is -2.34. The largest absolute Gasteiger partial charge is 0.478 e. The lowest BCUT2D eigenvalue weighted by molar-refractivity contribution is 0.0144. The van der Waals surface area contributed by atoms with Crippen LogP contribution in [0.15, 0.2) is 24.3 Å². The summed E-state index contributed by atoms with van der Waals surface area (Å²) in [5.41, 5.74) is -0.350. The first-order valence-corrected chi connectivity index (χ1v) is 8.13. The van der Waals surface area contributed by atoms with E-state index in [1.807, 2.05) is 0 Å². The van der Waals surface area contributed by atoms with Gasteiger partial charge in [-0.2, -0.15) is 0 Å². The third kappa shape index (κ3) is 4.46. The molecule has 0 bridgehead atoms. The quantitative estimate of drug-likeness (QED) is 0.904. The Kier molecular flexibility index (Phi) is 5.47. The van der Waals surface area contributed by atoms with Gasteiger partial charge in [-0.3, -0.25) is 0 Å². The van der Waals surface area contributed by atoms with E-state index in [-0.39, 0.29) is 23.1 Å². The van der Waals surface area contributed by atoms with Crippen LogP contribution in [0.2, 0.25) is 0 Å². The van der Waals surface area contributed by atoms with Crippen molar-refractivity contribution in [2.24, 2.45) is 5.92 Å². The number of carbonyl (C=O) groups excluding carboxylic acids is 1. The minimum Gasteiger partial charge on any atom is -0.478 e. The number of hydrogen-bond donors (Lipinski definition) is 1. The summed E-state index contributed by atoms with van der Waals surface area (Å²) in [5, 5.41) is 9.20. The van der Waals surface area contributed by atoms with Crippen molar-refractivity contribution in [1.29, 1.82) is 0 Å². The van der Waals surface area contributed by atoms with Crippen molar-refractivity contribution in [2.45, 2.75) is 45.4 Å². The average molecular weight is 337 g/mol. The van der Waals surface area contributed by atoms with Gasteiger partial charge in [0.2, 0.25) is 0 Å². The molecule has 1 aromatic carbocycles. The fourth-order valence-electron chi connectivity index (χ4n) is 2.89. The Hall–Kier alpha value is -2.11. The molecule has 1 aromatic rings. The van der Waals surface area contributed by atoms with Crippen molar-refractivity contribution in [3.05, 3.63) is 35.4 Å². The molecule has 2 rings (SSSR count). The standard InChI is InChI=1S/C18H24FNO4/c1-18(2,3)24-17(23)20-10-8-12(9-11-20)15(19)13-6-4-5-7-14(13)16(21)22/h4-7,12,15H,8-11H2,1-3H3,(H,21,22). The number of nitrogens with zero attached hydrogens (tertiary/aromatic N) is 1. The molecule has 1 unspecified atom stereocenters. The summed E-state index contributed by atoms with van der Waals surface area (Å²) in [6, 6.07) is 6.17. The molecule has 1 amide bonds. The van der Waals surface area contributed by atoms with Crippen LogP contribution in [0, 0.1) is 5.92 Å². The van der Waals surface area contributed by atoms with E-state index in [2.05, 4.69) is 0 Å². The number of carboxylic acid groups (broad SMARTS) is 1. The molecule has 132 valence electrons. The smallest absolute Gasteiger partial charge is 0.410 e. The number of halogens is 1. The highest BCUT2D eigenvalue weighted by atomic mass is 19.1. The number of alkyl halides is 1. The van der Waals surface area contributed by atoms with Gasteiger partial charge >= 0.3 is 12.1 Å². The lowest BCUT2D eigenvalue weighted by atomic mass is 9.86. The minimum absolute atomic E-state index is 0.000396. The number of piperidine rings is 1. The molecule has 0 radical (unpaired) electrons. The minimum atomic E-state index is -1.35. The molecule has 6 heteroatoms. The van der Waals surface area contributed by atoms with E-state index in [9.17, 15) is 19.1 Å². The lowest BCUT2D eigenvalue weighted by Crippen LogP contribution is -2.42. The molecular formula is C18H24FNO4. The molecule has 0 saturated carbocycles. The van der Waals surface area contributed by atoms with Crippen LogP contribution in [-0.4, -0.2) is 40.8 Å². The Morgan fingerprint density at radius 2 is 1.83 bits per heavy atom. The molecule has 1 saturated heterocycles. The van der Waals surface area contributed by atoms with Gasteiger partial charge < -0.3 is 14.7 Å². The molecular weight excluding hydrogens is 313 g/mol. The van der Waals surface area contributed by atoms with Crippen LogP contribution in [0.4, 0.5) is 9.18 Å². The van der Waals surface area contributed by atoms with Crippen LogP contribution < -0.4 is 0 Å². The normalized spacial score (nSPS) is 17.4. The third-order valence-corrected chi connectivity index (χ3v) is 4.09. The molecule has 1 N–H and O–H groups in total. The Balaban J connectivity index is 2.00. The van der Waals surface area contributed by atoms with E-state index >= 15 is 0 Å². The molecule has 1 fully saturated rings. The number of likely N-dealkylation sites (tertiary alicyclic amines) is 1. The van der Waals surface area contributed by atoms with E-state index in [0.717, 1.165) is 0 Å². The summed E-state index contributed by atoms with van der Waals surface area (Å²) in [6.07, 6.45) is -0.775. The van der Waals surface area contributed by atoms with Crippen LogP contribution in [0.25, 0.3) is 0 Å². The van der Waals surface area contributed by atoms with Crippen molar-refractivity contribution in [1.82, 2.24) is 4.90 Å². The predicted octanol–water partition coefficient (Wildman–Crippen LogP) is 4.04. The molecule has 24 heavy (non-hydrogen) atoms. The summed E-state index contributed by atoms with van der Waals surface area (Å²) >= 11 is 0. The first-order chi connectivity index (χ1) is 11.2. The fraction of sp³-hybridized carbons (Fsp3) is 0.556. The number of benzene rings is 1. The van der Waals surface area contributed by atoms with E-state index < -0.39 is 17.7 Å². The van der Waals surface area contributed by atoms with E-state index in [0.29, 0.717) is 25.9 Å². The third-order valence-electron chi connectivity index (χ3n) is 4.09. The Morgan fingerprint density at radius 3 is 2.38 bits per heavy atom. The van der Waals surface area contributed by atoms with Gasteiger partial charge in [0.1, 0.15) is 11.8 Å². The second-order valence-electron chi connectivity index (χ2n) is 7.10. The highest BCUT2D eigenvalue weighted by Gasteiger charge is 2.32. The average Bonchev–Trinajstić information content (AvgIpc) is 2.52. The zero-order valence-electron chi connectivity index (χ0n) is 14.3. The second kappa shape index (κ2) is 7.20. The summed E-state index contributed by atoms with van der Waals surface area (Å²) in [6.45, 7) is 6.23. The summed E-state index contributed by atoms with van der Waals surface area (Å²) in [7, 11) is 0. The second-order valence-corrected chi connectivity index (χ2v) is 7.10. The Bertz CT molecular complexity index is 603. The maximum atomic E-state index is 14.8. The van der Waals surface area contributed by atoms with Crippen LogP contribution >= 0.6 is 0 Å². The van der Waals surface area contributed by atoms with Gasteiger partial charge in [-0.25, -0.2) is 14.0 Å². The molecule has 5 nitrogen and oxygen atoms in total. The van der Waals surface area contributed by atoms with Crippen molar-refractivity contribution < 1.29 is 23.8 Å². The van der Waals surface area contributed by atoms with E-state index in [1.54, 1.807) is 37.8 Å². The molecule has 0 aliphatic carbocycles. The van der Waals surface area contributed by atoms with Gasteiger partial charge in [0, 0.05) is 18.7 Å². The van der Waals surface area contributed by atoms with Gasteiger partial charge in [0.15, 0.2) is 0 Å². The van der Waals surface area contributed by atoms with Gasteiger partial charge in [0.25, 0.3) is 0 Å². The summed E-state index contributed by atoms with van der Waals surface area (Å²) in [4.78, 5) is 24.9. The van der Waals surface area contributed by atoms with Crippen molar-refractivity contribution in [2.75, 3.05) is 13.1 Å². The van der Waals surface area contributed by atoms with Crippen LogP contribution in [-0.2, 0) is 4.74 Å². The topological polar surface area (TPSA) is 66.8 Å². The molecule has 1 aliphatic heterocycles. The summed E-state index contributed by atoms with van der Waals surface area (Å²) in [5.74, 6) is -1.43. The number of aromatic carboxylic acids is 1. The Morgan fingerprint density at radius 1 is 1.25 bits per heavy atom.